The third-order valence-electron chi connectivity index (χ3n) is 5.60. The Hall–Kier alpha value is -4.00. The molecule has 3 aromatic heterocycles. The standard InChI is InChI=1S/C25H22N4O3/c1-4-21-28-22-14(2)11-15(3)26-23(22)29(21)13-16-9-10-19-20(12-16)32-24(27-19)17-7-5-6-8-18(17)25(30)31/h5-12H,4,13H2,1-3H3,(H,30,31). The lowest BCUT2D eigenvalue weighted by atomic mass is 10.1. The van der Waals surface area contributed by atoms with Gasteiger partial charge in [0.1, 0.15) is 16.9 Å². The third-order valence-corrected chi connectivity index (χ3v) is 5.60. The highest BCUT2D eigenvalue weighted by molar-refractivity contribution is 5.95. The van der Waals surface area contributed by atoms with Crippen LogP contribution >= 0.6 is 0 Å². The van der Waals surface area contributed by atoms with Crippen LogP contribution in [-0.2, 0) is 13.0 Å². The molecule has 0 saturated carbocycles. The molecule has 7 heteroatoms. The minimum atomic E-state index is -1.01. The highest BCUT2D eigenvalue weighted by atomic mass is 16.4. The minimum absolute atomic E-state index is 0.161. The van der Waals surface area contributed by atoms with E-state index in [0.29, 0.717) is 29.1 Å². The van der Waals surface area contributed by atoms with Gasteiger partial charge in [0.15, 0.2) is 11.2 Å². The van der Waals surface area contributed by atoms with Crippen molar-refractivity contribution in [1.82, 2.24) is 19.5 Å². The molecule has 0 aliphatic carbocycles. The predicted octanol–water partition coefficient (Wildman–Crippen LogP) is 5.17. The first-order chi connectivity index (χ1) is 15.4. The van der Waals surface area contributed by atoms with Crippen LogP contribution in [0, 0.1) is 13.8 Å². The molecule has 0 spiro atoms. The second kappa shape index (κ2) is 7.60. The van der Waals surface area contributed by atoms with Crippen LogP contribution in [-0.4, -0.2) is 30.6 Å². The van der Waals surface area contributed by atoms with Crippen LogP contribution in [0.15, 0.2) is 52.9 Å². The summed E-state index contributed by atoms with van der Waals surface area (Å²) in [5.41, 5.74) is 6.84. The number of imidazole rings is 1. The van der Waals surface area contributed by atoms with Gasteiger partial charge in [0.2, 0.25) is 5.89 Å². The Morgan fingerprint density at radius 1 is 1.06 bits per heavy atom. The molecule has 0 unspecified atom stereocenters. The van der Waals surface area contributed by atoms with E-state index in [1.165, 1.54) is 0 Å². The molecule has 0 fully saturated rings. The highest BCUT2D eigenvalue weighted by Crippen LogP contribution is 2.28. The van der Waals surface area contributed by atoms with Crippen molar-refractivity contribution in [1.29, 1.82) is 0 Å². The molecule has 7 nitrogen and oxygen atoms in total. The Balaban J connectivity index is 1.57. The molecular weight excluding hydrogens is 404 g/mol. The summed E-state index contributed by atoms with van der Waals surface area (Å²) in [5.74, 6) is 0.265. The molecule has 0 bridgehead atoms. The summed E-state index contributed by atoms with van der Waals surface area (Å²) in [5, 5.41) is 9.48. The van der Waals surface area contributed by atoms with E-state index in [-0.39, 0.29) is 5.56 Å². The zero-order chi connectivity index (χ0) is 22.4. The Bertz CT molecular complexity index is 1500. The van der Waals surface area contributed by atoms with Crippen molar-refractivity contribution in [2.75, 3.05) is 0 Å². The van der Waals surface area contributed by atoms with Crippen LogP contribution in [0.25, 0.3) is 33.7 Å². The largest absolute Gasteiger partial charge is 0.478 e. The summed E-state index contributed by atoms with van der Waals surface area (Å²) in [6.07, 6.45) is 0.801. The van der Waals surface area contributed by atoms with Crippen molar-refractivity contribution < 1.29 is 14.3 Å². The Morgan fingerprint density at radius 3 is 2.66 bits per heavy atom. The molecule has 0 amide bonds. The van der Waals surface area contributed by atoms with Crippen LogP contribution in [0.4, 0.5) is 0 Å². The summed E-state index contributed by atoms with van der Waals surface area (Å²) < 4.78 is 8.12. The lowest BCUT2D eigenvalue weighted by Crippen LogP contribution is -2.05. The zero-order valence-electron chi connectivity index (χ0n) is 18.1. The number of aromatic carboxylic acids is 1. The Morgan fingerprint density at radius 2 is 1.88 bits per heavy atom. The lowest BCUT2D eigenvalue weighted by molar-refractivity contribution is 0.0697. The van der Waals surface area contributed by atoms with Crippen LogP contribution in [0.5, 0.6) is 0 Å². The molecule has 160 valence electrons. The number of aryl methyl sites for hydroxylation is 3. The number of oxazole rings is 1. The molecular formula is C25H22N4O3. The minimum Gasteiger partial charge on any atom is -0.478 e. The maximum absolute atomic E-state index is 11.6. The Kier molecular flexibility index (Phi) is 4.74. The first-order valence-corrected chi connectivity index (χ1v) is 10.5. The maximum atomic E-state index is 11.6. The van der Waals surface area contributed by atoms with E-state index < -0.39 is 5.97 Å². The number of nitrogens with zero attached hydrogens (tertiary/aromatic N) is 4. The van der Waals surface area contributed by atoms with Gasteiger partial charge < -0.3 is 14.1 Å². The maximum Gasteiger partial charge on any atom is 0.336 e. The molecule has 0 atom stereocenters. The van der Waals surface area contributed by atoms with Gasteiger partial charge in [0.05, 0.1) is 17.7 Å². The van der Waals surface area contributed by atoms with Gasteiger partial charge in [-0.2, -0.15) is 0 Å². The normalized spacial score (nSPS) is 11.5. The van der Waals surface area contributed by atoms with Crippen LogP contribution < -0.4 is 0 Å². The van der Waals surface area contributed by atoms with Crippen molar-refractivity contribution in [2.45, 2.75) is 33.7 Å². The first-order valence-electron chi connectivity index (χ1n) is 10.5. The molecule has 0 aliphatic heterocycles. The fourth-order valence-corrected chi connectivity index (χ4v) is 4.11. The van der Waals surface area contributed by atoms with Crippen LogP contribution in [0.3, 0.4) is 0 Å². The second-order valence-electron chi connectivity index (χ2n) is 7.89. The topological polar surface area (TPSA) is 94.0 Å². The molecule has 1 N–H and O–H groups in total. The fraction of sp³-hybridized carbons (Fsp3) is 0.200. The summed E-state index contributed by atoms with van der Waals surface area (Å²) in [6.45, 7) is 6.75. The molecule has 0 aliphatic rings. The van der Waals surface area contributed by atoms with Gasteiger partial charge in [-0.25, -0.2) is 19.7 Å². The number of hydrogen-bond donors (Lipinski definition) is 1. The van der Waals surface area contributed by atoms with E-state index >= 15 is 0 Å². The summed E-state index contributed by atoms with van der Waals surface area (Å²) >= 11 is 0. The summed E-state index contributed by atoms with van der Waals surface area (Å²) in [7, 11) is 0. The average molecular weight is 426 g/mol. The fourth-order valence-electron chi connectivity index (χ4n) is 4.11. The van der Waals surface area contributed by atoms with Crippen molar-refractivity contribution >= 4 is 28.2 Å². The number of rotatable bonds is 5. The van der Waals surface area contributed by atoms with Gasteiger partial charge in [0.25, 0.3) is 0 Å². The van der Waals surface area contributed by atoms with Gasteiger partial charge in [0, 0.05) is 12.1 Å². The van der Waals surface area contributed by atoms with Crippen molar-refractivity contribution in [3.8, 4) is 11.5 Å². The number of pyridine rings is 1. The van der Waals surface area contributed by atoms with E-state index in [2.05, 4.69) is 29.5 Å². The summed E-state index contributed by atoms with van der Waals surface area (Å²) in [6, 6.07) is 14.6. The van der Waals surface area contributed by atoms with Gasteiger partial charge >= 0.3 is 5.97 Å². The third kappa shape index (κ3) is 3.32. The Labute approximate surface area is 184 Å². The quantitative estimate of drug-likeness (QED) is 0.417. The lowest BCUT2D eigenvalue weighted by Gasteiger charge is -2.08. The van der Waals surface area contributed by atoms with Crippen LogP contribution in [0.2, 0.25) is 0 Å². The van der Waals surface area contributed by atoms with Crippen molar-refractivity contribution in [3.05, 3.63) is 76.7 Å². The number of carboxylic acid groups (broad SMARTS) is 1. The average Bonchev–Trinajstić information content (AvgIpc) is 3.35. The number of hydrogen-bond acceptors (Lipinski definition) is 5. The molecule has 5 rings (SSSR count). The zero-order valence-corrected chi connectivity index (χ0v) is 18.1. The van der Waals surface area contributed by atoms with E-state index in [1.807, 2.05) is 25.1 Å². The number of fused-ring (bicyclic) bond motifs is 2. The second-order valence-corrected chi connectivity index (χ2v) is 7.89. The van der Waals surface area contributed by atoms with Gasteiger partial charge in [-0.3, -0.25) is 0 Å². The molecule has 3 heterocycles. The highest BCUT2D eigenvalue weighted by Gasteiger charge is 2.17. The molecule has 0 radical (unpaired) electrons. The molecule has 2 aromatic carbocycles. The number of benzene rings is 2. The predicted molar refractivity (Wildman–Crippen MR) is 122 cm³/mol. The molecule has 5 aromatic rings. The number of aromatic nitrogens is 4. The number of carbonyl (C=O) groups is 1. The molecule has 32 heavy (non-hydrogen) atoms. The smallest absolute Gasteiger partial charge is 0.336 e. The first kappa shape index (κ1) is 19.9. The SMILES string of the molecule is CCc1nc2c(C)cc(C)nc2n1Cc1ccc2nc(-c3ccccc3C(=O)O)oc2c1. The van der Waals surface area contributed by atoms with E-state index in [0.717, 1.165) is 40.2 Å². The van der Waals surface area contributed by atoms with Gasteiger partial charge in [-0.05, 0) is 55.3 Å². The van der Waals surface area contributed by atoms with E-state index in [9.17, 15) is 9.90 Å². The number of carboxylic acids is 1. The van der Waals surface area contributed by atoms with Gasteiger partial charge in [-0.15, -0.1) is 0 Å². The van der Waals surface area contributed by atoms with Crippen molar-refractivity contribution in [2.24, 2.45) is 0 Å². The van der Waals surface area contributed by atoms with Gasteiger partial charge in [-0.1, -0.05) is 25.1 Å². The monoisotopic (exact) mass is 426 g/mol. The van der Waals surface area contributed by atoms with Crippen LogP contribution in [0.1, 0.15) is 39.9 Å². The van der Waals surface area contributed by atoms with E-state index in [4.69, 9.17) is 14.4 Å². The molecule has 0 saturated heterocycles. The summed E-state index contributed by atoms with van der Waals surface area (Å²) in [4.78, 5) is 25.6. The van der Waals surface area contributed by atoms with Crippen molar-refractivity contribution in [3.63, 3.8) is 0 Å². The van der Waals surface area contributed by atoms with E-state index in [1.54, 1.807) is 24.3 Å².